The normalized spacial score (nSPS) is 54.5. The van der Waals surface area contributed by atoms with Gasteiger partial charge in [-0.2, -0.15) is 0 Å². The van der Waals surface area contributed by atoms with Crippen LogP contribution in [0.4, 0.5) is 0 Å². The predicted octanol–water partition coefficient (Wildman–Crippen LogP) is -7.29. The average molecular weight is 1130 g/mol. The molecule has 0 radical (unpaired) electrons. The van der Waals surface area contributed by atoms with Crippen molar-refractivity contribution in [2.75, 3.05) is 33.0 Å². The largest absolute Gasteiger partial charge is 0.432 e. The predicted molar refractivity (Wildman–Crippen MR) is 252 cm³/mol. The first-order valence-electron chi connectivity index (χ1n) is 26.9. The lowest BCUT2D eigenvalue weighted by Gasteiger charge is -2.64. The average Bonchev–Trinajstić information content (AvgIpc) is 3.69. The van der Waals surface area contributed by atoms with Gasteiger partial charge in [-0.15, -0.1) is 0 Å². The molecular weight excluding hydrogens is 1050 g/mol. The second kappa shape index (κ2) is 23.3. The maximum Gasteiger partial charge on any atom is 0.314 e. The molecule has 0 aromatic rings. The van der Waals surface area contributed by atoms with Crippen molar-refractivity contribution in [2.45, 2.75) is 231 Å². The Balaban J connectivity index is 0.968. The molecule has 0 aromatic heterocycles. The second-order valence-corrected chi connectivity index (χ2v) is 23.6. The Morgan fingerprint density at radius 3 is 1.41 bits per heavy atom. The molecule has 5 saturated heterocycles. The zero-order valence-electron chi connectivity index (χ0n) is 43.3. The van der Waals surface area contributed by atoms with Crippen LogP contribution >= 0.6 is 0 Å². The van der Waals surface area contributed by atoms with Gasteiger partial charge in [0.2, 0.25) is 6.29 Å². The third kappa shape index (κ3) is 10.3. The highest BCUT2D eigenvalue weighted by atomic mass is 16.8. The van der Waals surface area contributed by atoms with Gasteiger partial charge in [0, 0.05) is 0 Å². The van der Waals surface area contributed by atoms with Crippen molar-refractivity contribution in [3.63, 3.8) is 0 Å². The summed E-state index contributed by atoms with van der Waals surface area (Å²) in [7, 11) is 0. The summed E-state index contributed by atoms with van der Waals surface area (Å²) >= 11 is 0. The first-order chi connectivity index (χ1) is 36.9. The van der Waals surface area contributed by atoms with Gasteiger partial charge < -0.3 is 134 Å². The number of rotatable bonds is 15. The summed E-state index contributed by atoms with van der Waals surface area (Å²) in [4.78, 5) is 14.9. The van der Waals surface area contributed by atoms with Crippen molar-refractivity contribution in [1.29, 1.82) is 0 Å². The minimum atomic E-state index is -1.99. The zero-order chi connectivity index (χ0) is 56.7. The van der Waals surface area contributed by atoms with E-state index in [0.717, 1.165) is 0 Å². The standard InChI is InChI=1S/C50H80O28/c1-18-11-49-9-5-24-47(2,7-4-8-48(24,3)46(68)77-44-39(34(64)29(59)22(15-54)72-44)75-42-36(66)32(62)27(57)20(13-52)70-42)25(49)6-10-50(18,17-49)78-45-40(76-43-37(67)33(63)28(58)21(14-53)71-43)38(30(60)23(16-55)73-45)74-41-35(65)31(61)26(56)19(12-51)69-41/h19-45,51-67H,1,4-17H2,2-3H3/t19-,20-,21-,22-,23-,24?,25?,26-,27-,28-,29-,30-,31+,32+,33+,34+,35-,36-,37-,38+,39-,40-,41+,42+,43+,44+,45+,47-,48-,49-,50+/m1/s1. The van der Waals surface area contributed by atoms with Crippen LogP contribution in [0.1, 0.15) is 71.6 Å². The molecule has 5 heterocycles. The van der Waals surface area contributed by atoms with Gasteiger partial charge in [0.25, 0.3) is 0 Å². The van der Waals surface area contributed by atoms with E-state index in [2.05, 4.69) is 13.5 Å². The molecule has 28 nitrogen and oxygen atoms in total. The van der Waals surface area contributed by atoms with Gasteiger partial charge in [-0.25, -0.2) is 0 Å². The number of carbonyl (C=O) groups excluding carboxylic acids is 1. The molecule has 9 aliphatic rings. The number of aliphatic hydroxyl groups excluding tert-OH is 17. The Morgan fingerprint density at radius 2 is 0.910 bits per heavy atom. The quantitative estimate of drug-likeness (QED) is 0.0411. The fraction of sp³-hybridized carbons (Fsp3) is 0.940. The van der Waals surface area contributed by atoms with E-state index < -0.39 is 214 Å². The monoisotopic (exact) mass is 1130 g/mol. The maximum atomic E-state index is 14.9. The molecule has 28 heteroatoms. The Hall–Kier alpha value is -1.83. The van der Waals surface area contributed by atoms with Crippen LogP contribution in [-0.2, 0) is 52.2 Å². The van der Waals surface area contributed by atoms with Crippen LogP contribution in [0.25, 0.3) is 0 Å². The van der Waals surface area contributed by atoms with Crippen molar-refractivity contribution in [3.05, 3.63) is 12.2 Å². The molecule has 0 amide bonds. The van der Waals surface area contributed by atoms with Crippen LogP contribution in [0, 0.1) is 28.1 Å². The first kappa shape index (κ1) is 60.8. The topological polar surface area (TPSA) is 453 Å². The van der Waals surface area contributed by atoms with E-state index in [1.165, 1.54) is 0 Å². The van der Waals surface area contributed by atoms with Crippen molar-refractivity contribution in [3.8, 4) is 0 Å². The Labute approximate surface area is 448 Å². The van der Waals surface area contributed by atoms with Crippen LogP contribution in [0.5, 0.6) is 0 Å². The minimum Gasteiger partial charge on any atom is -0.432 e. The molecule has 0 aromatic carbocycles. The van der Waals surface area contributed by atoms with E-state index in [-0.39, 0.29) is 11.8 Å². The molecule has 9 fully saturated rings. The SMILES string of the molecule is C=C1C[C@@]23CCC4[C@@](C)(CCC[C@@]4(C)C(=O)O[C@@H]4O[C@H](CO)[C@@H](O)[C@H](O)[C@H]4O[C@@H]4O[C@H](CO)[C@@H](O)[C@H](O)[C@H]4O)C2CC[C@]1(O[C@@H]1O[C@H](CO)[C@@H](O)[C@H](O[C@@H]2O[C@H](CO)[C@@H](O)[C@H](O)[C@H]2O)[C@H]1O[C@@H]1O[C@H](CO)[C@@H](O)[C@H](O)[C@H]1O)C3. The number of carbonyl (C=O) groups is 1. The first-order valence-corrected chi connectivity index (χ1v) is 26.9. The van der Waals surface area contributed by atoms with Gasteiger partial charge >= 0.3 is 5.97 Å². The number of fused-ring (bicyclic) bond motifs is 3. The van der Waals surface area contributed by atoms with Crippen LogP contribution in [-0.4, -0.2) is 285 Å². The summed E-state index contributed by atoms with van der Waals surface area (Å²) in [5, 5.41) is 181. The summed E-state index contributed by atoms with van der Waals surface area (Å²) in [6, 6.07) is 0. The molecule has 1 spiro atoms. The van der Waals surface area contributed by atoms with E-state index in [1.54, 1.807) is 6.92 Å². The summed E-state index contributed by atoms with van der Waals surface area (Å²) in [6.07, 6.45) is -39.9. The highest BCUT2D eigenvalue weighted by Gasteiger charge is 2.70. The van der Waals surface area contributed by atoms with E-state index >= 15 is 0 Å². The third-order valence-electron chi connectivity index (χ3n) is 19.2. The van der Waals surface area contributed by atoms with Crippen LogP contribution in [0.15, 0.2) is 12.2 Å². The van der Waals surface area contributed by atoms with Gasteiger partial charge in [-0.1, -0.05) is 19.9 Å². The maximum absolute atomic E-state index is 14.9. The van der Waals surface area contributed by atoms with Gasteiger partial charge in [-0.3, -0.25) is 4.79 Å². The molecule has 448 valence electrons. The number of hydrogen-bond acceptors (Lipinski definition) is 28. The van der Waals surface area contributed by atoms with E-state index in [9.17, 15) is 91.6 Å². The summed E-state index contributed by atoms with van der Waals surface area (Å²) in [6.45, 7) is 4.32. The zero-order valence-corrected chi connectivity index (χ0v) is 43.3. The van der Waals surface area contributed by atoms with Crippen molar-refractivity contribution in [1.82, 2.24) is 0 Å². The van der Waals surface area contributed by atoms with Gasteiger partial charge in [0.15, 0.2) is 31.3 Å². The smallest absolute Gasteiger partial charge is 0.314 e. The molecule has 2 unspecified atom stereocenters. The summed E-state index contributed by atoms with van der Waals surface area (Å²) in [5.41, 5.74) is -2.81. The number of ether oxygens (including phenoxy) is 10. The van der Waals surface area contributed by atoms with E-state index in [4.69, 9.17) is 47.4 Å². The number of esters is 1. The number of aliphatic hydroxyl groups is 17. The van der Waals surface area contributed by atoms with Crippen molar-refractivity contribution in [2.24, 2.45) is 28.1 Å². The highest BCUT2D eigenvalue weighted by molar-refractivity contribution is 5.77. The molecule has 9 rings (SSSR count). The summed E-state index contributed by atoms with van der Waals surface area (Å²) in [5.74, 6) is -1.14. The second-order valence-electron chi connectivity index (χ2n) is 23.6. The fourth-order valence-corrected chi connectivity index (χ4v) is 15.0. The highest BCUT2D eigenvalue weighted by Crippen LogP contribution is 2.74. The lowest BCUT2D eigenvalue weighted by atomic mass is 9.41. The fourth-order valence-electron chi connectivity index (χ4n) is 15.0. The molecule has 78 heavy (non-hydrogen) atoms. The Bertz CT molecular complexity index is 2070. The molecule has 4 aliphatic carbocycles. The molecule has 17 N–H and O–H groups in total. The molecule has 4 saturated carbocycles. The van der Waals surface area contributed by atoms with Crippen molar-refractivity contribution < 1.29 is 139 Å². The van der Waals surface area contributed by atoms with Gasteiger partial charge in [0.1, 0.15) is 116 Å². The molecule has 5 aliphatic heterocycles. The summed E-state index contributed by atoms with van der Waals surface area (Å²) < 4.78 is 60.3. The number of hydrogen-bond donors (Lipinski definition) is 17. The Kier molecular flexibility index (Phi) is 18.2. The Morgan fingerprint density at radius 1 is 0.487 bits per heavy atom. The molecule has 31 atom stereocenters. The van der Waals surface area contributed by atoms with Crippen LogP contribution in [0.3, 0.4) is 0 Å². The van der Waals surface area contributed by atoms with Crippen LogP contribution in [0.2, 0.25) is 0 Å². The lowest BCUT2D eigenvalue weighted by molar-refractivity contribution is -0.400. The molecular formula is C50H80O28. The minimum absolute atomic E-state index is 0.0705. The molecule has 2 bridgehead atoms. The lowest BCUT2D eigenvalue weighted by Crippen LogP contribution is -2.68. The van der Waals surface area contributed by atoms with Gasteiger partial charge in [-0.05, 0) is 86.5 Å². The van der Waals surface area contributed by atoms with Gasteiger partial charge in [0.05, 0.1) is 44.1 Å². The third-order valence-corrected chi connectivity index (χ3v) is 19.2. The van der Waals surface area contributed by atoms with Crippen molar-refractivity contribution >= 4 is 5.97 Å². The van der Waals surface area contributed by atoms with Crippen LogP contribution < -0.4 is 0 Å². The van der Waals surface area contributed by atoms with E-state index in [0.29, 0.717) is 63.4 Å². The van der Waals surface area contributed by atoms with E-state index in [1.807, 2.05) is 0 Å².